The van der Waals surface area contributed by atoms with Gasteiger partial charge >= 0.3 is 5.97 Å². The highest BCUT2D eigenvalue weighted by Gasteiger charge is 2.42. The molecule has 1 aromatic carbocycles. The van der Waals surface area contributed by atoms with Gasteiger partial charge in [0.15, 0.2) is 0 Å². The Morgan fingerprint density at radius 3 is 2.26 bits per heavy atom. The molecule has 3 nitrogen and oxygen atoms in total. The summed E-state index contributed by atoms with van der Waals surface area (Å²) in [5.74, 6) is -2.40. The van der Waals surface area contributed by atoms with Gasteiger partial charge in [-0.25, -0.2) is 8.78 Å². The summed E-state index contributed by atoms with van der Waals surface area (Å²) in [5.41, 5.74) is 4.36. The lowest BCUT2D eigenvalue weighted by Crippen LogP contribution is -2.45. The highest BCUT2D eigenvalue weighted by molar-refractivity contribution is 5.81. The van der Waals surface area contributed by atoms with Crippen molar-refractivity contribution in [2.45, 2.75) is 31.1 Å². The van der Waals surface area contributed by atoms with Crippen LogP contribution >= 0.6 is 0 Å². The van der Waals surface area contributed by atoms with Crippen LogP contribution in [0.25, 0.3) is 0 Å². The number of hydrogen-bond acceptors (Lipinski definition) is 2. The Labute approximate surface area is 110 Å². The first-order valence-corrected chi connectivity index (χ1v) is 6.38. The summed E-state index contributed by atoms with van der Waals surface area (Å²) in [7, 11) is 0. The van der Waals surface area contributed by atoms with Gasteiger partial charge < -0.3 is 10.8 Å². The molecule has 1 atom stereocenters. The van der Waals surface area contributed by atoms with Crippen molar-refractivity contribution >= 4 is 5.97 Å². The number of halogens is 2. The molecule has 0 bridgehead atoms. The maximum Gasteiger partial charge on any atom is 0.315 e. The maximum atomic E-state index is 13.3. The Morgan fingerprint density at radius 1 is 1.32 bits per heavy atom. The number of rotatable bonds is 5. The van der Waals surface area contributed by atoms with Gasteiger partial charge in [0.1, 0.15) is 17.0 Å². The number of benzene rings is 1. The fourth-order valence-electron chi connectivity index (χ4n) is 2.64. The van der Waals surface area contributed by atoms with Crippen LogP contribution in [0.15, 0.2) is 18.2 Å². The maximum absolute atomic E-state index is 13.3. The van der Waals surface area contributed by atoms with Crippen molar-refractivity contribution in [1.29, 1.82) is 0 Å². The van der Waals surface area contributed by atoms with Crippen LogP contribution in [0.2, 0.25) is 0 Å². The van der Waals surface area contributed by atoms with Gasteiger partial charge in [-0.1, -0.05) is 19.3 Å². The van der Waals surface area contributed by atoms with Gasteiger partial charge in [-0.2, -0.15) is 0 Å². The van der Waals surface area contributed by atoms with E-state index in [-0.39, 0.29) is 18.0 Å². The summed E-state index contributed by atoms with van der Waals surface area (Å²) in [5, 5.41) is 9.50. The third-order valence-corrected chi connectivity index (χ3v) is 4.03. The largest absolute Gasteiger partial charge is 0.481 e. The summed E-state index contributed by atoms with van der Waals surface area (Å²) in [4.78, 5) is 11.6. The molecule has 1 unspecified atom stereocenters. The van der Waals surface area contributed by atoms with Crippen LogP contribution in [0.5, 0.6) is 0 Å². The van der Waals surface area contributed by atoms with E-state index in [9.17, 15) is 18.7 Å². The first-order valence-electron chi connectivity index (χ1n) is 6.38. The second kappa shape index (κ2) is 5.25. The number of carboxylic acid groups (broad SMARTS) is 1. The lowest BCUT2D eigenvalue weighted by atomic mass is 9.68. The predicted octanol–water partition coefficient (Wildman–Crippen LogP) is 2.44. The summed E-state index contributed by atoms with van der Waals surface area (Å²) in [6.45, 7) is -0.165. The molecule has 1 aromatic rings. The van der Waals surface area contributed by atoms with E-state index in [0.717, 1.165) is 37.5 Å². The van der Waals surface area contributed by atoms with Gasteiger partial charge in [0.25, 0.3) is 0 Å². The SMILES string of the molecule is NCC(CC1CCC1)(C(=O)O)c1cc(F)cc(F)c1. The van der Waals surface area contributed by atoms with Gasteiger partial charge in [0.2, 0.25) is 0 Å². The highest BCUT2D eigenvalue weighted by atomic mass is 19.1. The van der Waals surface area contributed by atoms with Gasteiger partial charge in [0.05, 0.1) is 0 Å². The lowest BCUT2D eigenvalue weighted by molar-refractivity contribution is -0.144. The van der Waals surface area contributed by atoms with Crippen molar-refractivity contribution in [2.75, 3.05) is 6.54 Å². The van der Waals surface area contributed by atoms with Crippen LogP contribution in [0.1, 0.15) is 31.2 Å². The highest BCUT2D eigenvalue weighted by Crippen LogP contribution is 2.39. The third kappa shape index (κ3) is 2.61. The molecule has 5 heteroatoms. The van der Waals surface area contributed by atoms with Crippen LogP contribution in [-0.2, 0) is 10.2 Å². The minimum absolute atomic E-state index is 0.118. The lowest BCUT2D eigenvalue weighted by Gasteiger charge is -2.36. The number of hydrogen-bond donors (Lipinski definition) is 2. The first-order chi connectivity index (χ1) is 8.98. The van der Waals surface area contributed by atoms with Crippen LogP contribution in [0.3, 0.4) is 0 Å². The van der Waals surface area contributed by atoms with Crippen LogP contribution in [-0.4, -0.2) is 17.6 Å². The van der Waals surface area contributed by atoms with E-state index >= 15 is 0 Å². The first kappa shape index (κ1) is 13.9. The molecule has 0 heterocycles. The van der Waals surface area contributed by atoms with E-state index < -0.39 is 23.0 Å². The standard InChI is InChI=1S/C14H17F2NO2/c15-11-4-10(5-12(16)6-11)14(8-17,13(18)19)7-9-2-1-3-9/h4-6,9H,1-3,7-8,17H2,(H,18,19). The molecule has 1 aliphatic rings. The second-order valence-corrected chi connectivity index (χ2v) is 5.25. The van der Waals surface area contributed by atoms with E-state index in [4.69, 9.17) is 5.73 Å². The molecule has 104 valence electrons. The molecule has 3 N–H and O–H groups in total. The minimum atomic E-state index is -1.39. The van der Waals surface area contributed by atoms with Gasteiger partial charge in [0, 0.05) is 12.6 Å². The Balaban J connectivity index is 2.42. The topological polar surface area (TPSA) is 63.3 Å². The Kier molecular flexibility index (Phi) is 3.85. The average Bonchev–Trinajstić information content (AvgIpc) is 2.26. The Morgan fingerprint density at radius 2 is 1.89 bits per heavy atom. The summed E-state index contributed by atoms with van der Waals surface area (Å²) >= 11 is 0. The summed E-state index contributed by atoms with van der Waals surface area (Å²) < 4.78 is 26.6. The van der Waals surface area contributed by atoms with E-state index in [1.807, 2.05) is 0 Å². The molecule has 0 aliphatic heterocycles. The van der Waals surface area contributed by atoms with Crippen LogP contribution < -0.4 is 5.73 Å². The molecule has 1 saturated carbocycles. The zero-order chi connectivity index (χ0) is 14.0. The predicted molar refractivity (Wildman–Crippen MR) is 66.7 cm³/mol. The van der Waals surface area contributed by atoms with E-state index in [2.05, 4.69) is 0 Å². The molecule has 0 saturated heterocycles. The molecule has 0 aromatic heterocycles. The van der Waals surface area contributed by atoms with Crippen molar-refractivity contribution in [3.8, 4) is 0 Å². The van der Waals surface area contributed by atoms with Crippen molar-refractivity contribution in [3.05, 3.63) is 35.4 Å². The Hall–Kier alpha value is -1.49. The smallest absolute Gasteiger partial charge is 0.315 e. The van der Waals surface area contributed by atoms with Gasteiger partial charge in [-0.05, 0) is 30.0 Å². The normalized spacial score (nSPS) is 18.7. The molecule has 0 spiro atoms. The Bertz CT molecular complexity index is 468. The number of carbonyl (C=O) groups is 1. The number of carboxylic acids is 1. The quantitative estimate of drug-likeness (QED) is 0.863. The molecule has 2 rings (SSSR count). The molecule has 1 aliphatic carbocycles. The number of aliphatic carboxylic acids is 1. The molecular weight excluding hydrogens is 252 g/mol. The van der Waals surface area contributed by atoms with Gasteiger partial charge in [-0.3, -0.25) is 4.79 Å². The molecule has 0 radical (unpaired) electrons. The summed E-state index contributed by atoms with van der Waals surface area (Å²) in [6, 6.07) is 2.88. The van der Waals surface area contributed by atoms with Crippen molar-refractivity contribution in [3.63, 3.8) is 0 Å². The monoisotopic (exact) mass is 269 g/mol. The van der Waals surface area contributed by atoms with Crippen molar-refractivity contribution in [2.24, 2.45) is 11.7 Å². The average molecular weight is 269 g/mol. The van der Waals surface area contributed by atoms with E-state index in [0.29, 0.717) is 6.42 Å². The minimum Gasteiger partial charge on any atom is -0.481 e. The molecule has 19 heavy (non-hydrogen) atoms. The zero-order valence-electron chi connectivity index (χ0n) is 10.5. The third-order valence-electron chi connectivity index (χ3n) is 4.03. The molecular formula is C14H17F2NO2. The van der Waals surface area contributed by atoms with E-state index in [1.165, 1.54) is 0 Å². The van der Waals surface area contributed by atoms with E-state index in [1.54, 1.807) is 0 Å². The summed E-state index contributed by atoms with van der Waals surface area (Å²) in [6.07, 6.45) is 3.31. The number of nitrogens with two attached hydrogens (primary N) is 1. The molecule has 0 amide bonds. The fraction of sp³-hybridized carbons (Fsp3) is 0.500. The molecule has 1 fully saturated rings. The van der Waals surface area contributed by atoms with Crippen LogP contribution in [0, 0.1) is 17.6 Å². The zero-order valence-corrected chi connectivity index (χ0v) is 10.5. The van der Waals surface area contributed by atoms with Crippen molar-refractivity contribution in [1.82, 2.24) is 0 Å². The second-order valence-electron chi connectivity index (χ2n) is 5.25. The fourth-order valence-corrected chi connectivity index (χ4v) is 2.64. The van der Waals surface area contributed by atoms with Crippen molar-refractivity contribution < 1.29 is 18.7 Å². The van der Waals surface area contributed by atoms with Crippen LogP contribution in [0.4, 0.5) is 8.78 Å². The van der Waals surface area contributed by atoms with Gasteiger partial charge in [-0.15, -0.1) is 0 Å².